The number of amides is 1. The fraction of sp³-hybridized carbons (Fsp3) is 0.217. The average molecular weight is 429 g/mol. The van der Waals surface area contributed by atoms with Gasteiger partial charge in [-0.05, 0) is 43.5 Å². The zero-order valence-corrected chi connectivity index (χ0v) is 16.9. The monoisotopic (exact) mass is 428 g/mol. The molecule has 2 aromatic carbocycles. The fourth-order valence-electron chi connectivity index (χ4n) is 4.09. The number of anilines is 1. The first-order valence-corrected chi connectivity index (χ1v) is 9.99. The predicted molar refractivity (Wildman–Crippen MR) is 111 cm³/mol. The van der Waals surface area contributed by atoms with Gasteiger partial charge in [0.1, 0.15) is 11.6 Å². The SMILES string of the molecule is CC1=C(C(=O)Nc2ccc(F)cc2F)[C@@H](c2ccccc2Cl)C2=C(CCCC2=O)N1. The Hall–Kier alpha value is -2.99. The van der Waals surface area contributed by atoms with Crippen molar-refractivity contribution in [2.45, 2.75) is 32.1 Å². The number of allylic oxidation sites excluding steroid dienone is 3. The smallest absolute Gasteiger partial charge is 0.254 e. The van der Waals surface area contributed by atoms with Crippen molar-refractivity contribution in [1.29, 1.82) is 0 Å². The highest BCUT2D eigenvalue weighted by atomic mass is 35.5. The molecule has 0 spiro atoms. The number of benzene rings is 2. The molecule has 0 saturated heterocycles. The minimum absolute atomic E-state index is 0.0422. The maximum atomic E-state index is 14.1. The fourth-order valence-corrected chi connectivity index (χ4v) is 4.33. The minimum Gasteiger partial charge on any atom is -0.362 e. The first-order chi connectivity index (χ1) is 14.4. The lowest BCUT2D eigenvalue weighted by Crippen LogP contribution is -2.35. The molecule has 0 unspecified atom stereocenters. The van der Waals surface area contributed by atoms with Gasteiger partial charge in [0, 0.05) is 46.0 Å². The summed E-state index contributed by atoms with van der Waals surface area (Å²) >= 11 is 6.45. The maximum absolute atomic E-state index is 14.1. The summed E-state index contributed by atoms with van der Waals surface area (Å²) in [7, 11) is 0. The van der Waals surface area contributed by atoms with Crippen molar-refractivity contribution in [2.75, 3.05) is 5.32 Å². The topological polar surface area (TPSA) is 58.2 Å². The Kier molecular flexibility index (Phi) is 5.43. The molecule has 1 aliphatic heterocycles. The second kappa shape index (κ2) is 8.03. The van der Waals surface area contributed by atoms with Crippen molar-refractivity contribution in [3.63, 3.8) is 0 Å². The van der Waals surface area contributed by atoms with Crippen LogP contribution < -0.4 is 10.6 Å². The van der Waals surface area contributed by atoms with Crippen LogP contribution in [0.2, 0.25) is 5.02 Å². The molecule has 1 aliphatic carbocycles. The summed E-state index contributed by atoms with van der Waals surface area (Å²) in [5.74, 6) is -2.92. The molecule has 2 aromatic rings. The lowest BCUT2D eigenvalue weighted by molar-refractivity contribution is -0.116. The zero-order chi connectivity index (χ0) is 21.4. The molecule has 7 heteroatoms. The van der Waals surface area contributed by atoms with Gasteiger partial charge >= 0.3 is 0 Å². The summed E-state index contributed by atoms with van der Waals surface area (Å²) in [6.07, 6.45) is 1.82. The van der Waals surface area contributed by atoms with Crippen LogP contribution in [0.5, 0.6) is 0 Å². The van der Waals surface area contributed by atoms with E-state index in [9.17, 15) is 18.4 Å². The van der Waals surface area contributed by atoms with Crippen molar-refractivity contribution in [3.8, 4) is 0 Å². The number of hydrogen-bond acceptors (Lipinski definition) is 3. The number of dihydropyridines is 1. The van der Waals surface area contributed by atoms with E-state index in [2.05, 4.69) is 10.6 Å². The molecule has 0 fully saturated rings. The van der Waals surface area contributed by atoms with Crippen LogP contribution in [-0.4, -0.2) is 11.7 Å². The zero-order valence-electron chi connectivity index (χ0n) is 16.2. The molecule has 0 saturated carbocycles. The predicted octanol–water partition coefficient (Wildman–Crippen LogP) is 5.22. The van der Waals surface area contributed by atoms with Crippen LogP contribution in [0.15, 0.2) is 65.0 Å². The number of Topliss-reactive ketones (excluding diaryl/α,β-unsaturated/α-hetero) is 1. The van der Waals surface area contributed by atoms with Crippen LogP contribution >= 0.6 is 11.6 Å². The van der Waals surface area contributed by atoms with Gasteiger partial charge in [-0.25, -0.2) is 8.78 Å². The third-order valence-corrected chi connectivity index (χ3v) is 5.76. The number of nitrogens with one attached hydrogen (secondary N) is 2. The van der Waals surface area contributed by atoms with Crippen molar-refractivity contribution in [1.82, 2.24) is 5.32 Å². The highest BCUT2D eigenvalue weighted by Gasteiger charge is 2.39. The lowest BCUT2D eigenvalue weighted by Gasteiger charge is -2.34. The van der Waals surface area contributed by atoms with Crippen LogP contribution in [0, 0.1) is 11.6 Å². The molecule has 0 aromatic heterocycles. The van der Waals surface area contributed by atoms with Crippen LogP contribution in [0.4, 0.5) is 14.5 Å². The van der Waals surface area contributed by atoms with Crippen LogP contribution in [-0.2, 0) is 9.59 Å². The van der Waals surface area contributed by atoms with Crippen LogP contribution in [0.1, 0.15) is 37.7 Å². The van der Waals surface area contributed by atoms with E-state index >= 15 is 0 Å². The molecule has 4 nitrogen and oxygen atoms in total. The van der Waals surface area contributed by atoms with Crippen LogP contribution in [0.25, 0.3) is 0 Å². The van der Waals surface area contributed by atoms with E-state index in [1.165, 1.54) is 0 Å². The summed E-state index contributed by atoms with van der Waals surface area (Å²) in [5, 5.41) is 6.13. The van der Waals surface area contributed by atoms with Gasteiger partial charge in [0.25, 0.3) is 5.91 Å². The number of carbonyl (C=O) groups excluding carboxylic acids is 2. The van der Waals surface area contributed by atoms with Gasteiger partial charge in [0.2, 0.25) is 0 Å². The first-order valence-electron chi connectivity index (χ1n) is 9.61. The van der Waals surface area contributed by atoms with Gasteiger partial charge in [-0.15, -0.1) is 0 Å². The number of carbonyl (C=O) groups is 2. The normalized spacial score (nSPS) is 18.8. The van der Waals surface area contributed by atoms with E-state index in [1.807, 2.05) is 0 Å². The molecule has 0 bridgehead atoms. The van der Waals surface area contributed by atoms with E-state index in [0.717, 1.165) is 24.3 Å². The van der Waals surface area contributed by atoms with Crippen molar-refractivity contribution < 1.29 is 18.4 Å². The number of ketones is 1. The van der Waals surface area contributed by atoms with E-state index in [0.29, 0.717) is 40.8 Å². The van der Waals surface area contributed by atoms with Crippen molar-refractivity contribution in [3.05, 3.63) is 87.2 Å². The summed E-state index contributed by atoms with van der Waals surface area (Å²) in [6.45, 7) is 1.74. The maximum Gasteiger partial charge on any atom is 0.254 e. The molecule has 0 radical (unpaired) electrons. The molecule has 1 amide bonds. The summed E-state index contributed by atoms with van der Waals surface area (Å²) < 4.78 is 27.3. The van der Waals surface area contributed by atoms with Crippen molar-refractivity contribution >= 4 is 29.0 Å². The Balaban J connectivity index is 1.81. The lowest BCUT2D eigenvalue weighted by atomic mass is 9.75. The molecular formula is C23H19ClF2N2O2. The molecular weight excluding hydrogens is 410 g/mol. The van der Waals surface area contributed by atoms with Gasteiger partial charge in [0.15, 0.2) is 5.78 Å². The van der Waals surface area contributed by atoms with Gasteiger partial charge in [-0.2, -0.15) is 0 Å². The van der Waals surface area contributed by atoms with E-state index in [-0.39, 0.29) is 17.0 Å². The first kappa shape index (κ1) is 20.3. The Morgan fingerprint density at radius 1 is 1.17 bits per heavy atom. The molecule has 2 aliphatic rings. The third-order valence-electron chi connectivity index (χ3n) is 5.42. The minimum atomic E-state index is -0.881. The van der Waals surface area contributed by atoms with Gasteiger partial charge < -0.3 is 10.6 Å². The Labute approximate surface area is 177 Å². The second-order valence-corrected chi connectivity index (χ2v) is 7.77. The van der Waals surface area contributed by atoms with E-state index in [1.54, 1.807) is 31.2 Å². The Morgan fingerprint density at radius 3 is 2.67 bits per heavy atom. The quantitative estimate of drug-likeness (QED) is 0.704. The standard InChI is InChI=1S/C23H19ClF2N2O2/c1-12-20(23(30)28-17-10-9-13(25)11-16(17)26)21(14-5-2-3-6-15(14)24)22-18(27-12)7-4-8-19(22)29/h2-3,5-6,9-11,21,27H,4,7-8H2,1H3,(H,28,30)/t21-/m1/s1. The summed E-state index contributed by atoms with van der Waals surface area (Å²) in [5.41, 5.74) is 2.64. The van der Waals surface area contributed by atoms with E-state index in [4.69, 9.17) is 11.6 Å². The second-order valence-electron chi connectivity index (χ2n) is 7.37. The van der Waals surface area contributed by atoms with Gasteiger partial charge in [0.05, 0.1) is 5.69 Å². The van der Waals surface area contributed by atoms with Crippen LogP contribution in [0.3, 0.4) is 0 Å². The number of rotatable bonds is 3. The highest BCUT2D eigenvalue weighted by Crippen LogP contribution is 2.44. The Morgan fingerprint density at radius 2 is 1.93 bits per heavy atom. The number of hydrogen-bond donors (Lipinski definition) is 2. The largest absolute Gasteiger partial charge is 0.362 e. The highest BCUT2D eigenvalue weighted by molar-refractivity contribution is 6.31. The molecule has 1 atom stereocenters. The Bertz CT molecular complexity index is 1120. The summed E-state index contributed by atoms with van der Waals surface area (Å²) in [4.78, 5) is 26.1. The molecule has 1 heterocycles. The third kappa shape index (κ3) is 3.63. The van der Waals surface area contributed by atoms with Gasteiger partial charge in [-0.3, -0.25) is 9.59 Å². The number of halogens is 3. The van der Waals surface area contributed by atoms with E-state index < -0.39 is 23.5 Å². The molecule has 30 heavy (non-hydrogen) atoms. The molecule has 154 valence electrons. The average Bonchev–Trinajstić information content (AvgIpc) is 2.69. The molecule has 4 rings (SSSR count). The summed E-state index contributed by atoms with van der Waals surface area (Å²) in [6, 6.07) is 9.98. The van der Waals surface area contributed by atoms with Crippen molar-refractivity contribution in [2.24, 2.45) is 0 Å². The molecule has 2 N–H and O–H groups in total. The van der Waals surface area contributed by atoms with Gasteiger partial charge in [-0.1, -0.05) is 29.8 Å².